The molecular weight excluding hydrogens is 240 g/mol. The van der Waals surface area contributed by atoms with E-state index in [2.05, 4.69) is 6.92 Å². The summed E-state index contributed by atoms with van der Waals surface area (Å²) in [6, 6.07) is 0. The molecule has 3 heteroatoms. The van der Waals surface area contributed by atoms with E-state index in [-0.39, 0.29) is 17.8 Å². The second-order valence-electron chi connectivity index (χ2n) is 6.66. The molecule has 3 nitrogen and oxygen atoms in total. The first-order valence-electron chi connectivity index (χ1n) is 7.58. The van der Waals surface area contributed by atoms with Crippen LogP contribution in [-0.4, -0.2) is 17.4 Å². The van der Waals surface area contributed by atoms with Crippen molar-refractivity contribution >= 4 is 11.8 Å². The van der Waals surface area contributed by atoms with E-state index in [0.29, 0.717) is 18.6 Å². The molecule has 1 aliphatic carbocycles. The van der Waals surface area contributed by atoms with Gasteiger partial charge in [-0.2, -0.15) is 0 Å². The smallest absolute Gasteiger partial charge is 0.306 e. The van der Waals surface area contributed by atoms with Crippen LogP contribution in [0.25, 0.3) is 0 Å². The van der Waals surface area contributed by atoms with Crippen LogP contribution in [-0.2, 0) is 14.3 Å². The number of unbranched alkanes of at least 4 members (excludes halogenated alkanes) is 2. The third kappa shape index (κ3) is 5.75. The van der Waals surface area contributed by atoms with Crippen molar-refractivity contribution < 1.29 is 14.3 Å². The number of esters is 1. The fourth-order valence-electron chi connectivity index (χ4n) is 2.83. The van der Waals surface area contributed by atoms with Crippen LogP contribution in [0.1, 0.15) is 72.6 Å². The molecule has 1 aliphatic rings. The van der Waals surface area contributed by atoms with E-state index in [4.69, 9.17) is 4.74 Å². The van der Waals surface area contributed by atoms with E-state index < -0.39 is 5.60 Å². The molecule has 19 heavy (non-hydrogen) atoms. The van der Waals surface area contributed by atoms with E-state index in [0.717, 1.165) is 25.7 Å². The summed E-state index contributed by atoms with van der Waals surface area (Å²) in [5.74, 6) is 0.496. The van der Waals surface area contributed by atoms with Crippen LogP contribution in [0.3, 0.4) is 0 Å². The highest BCUT2D eigenvalue weighted by Gasteiger charge is 2.36. The molecule has 0 bridgehead atoms. The van der Waals surface area contributed by atoms with E-state index in [1.54, 1.807) is 0 Å². The van der Waals surface area contributed by atoms with Gasteiger partial charge in [0, 0.05) is 18.8 Å². The van der Waals surface area contributed by atoms with Crippen molar-refractivity contribution in [2.24, 2.45) is 11.8 Å². The fourth-order valence-corrected chi connectivity index (χ4v) is 2.83. The maximum Gasteiger partial charge on any atom is 0.306 e. The van der Waals surface area contributed by atoms with E-state index >= 15 is 0 Å². The van der Waals surface area contributed by atoms with Gasteiger partial charge < -0.3 is 4.74 Å². The van der Waals surface area contributed by atoms with Crippen molar-refractivity contribution in [3.63, 3.8) is 0 Å². The van der Waals surface area contributed by atoms with Crippen LogP contribution in [0.4, 0.5) is 0 Å². The molecule has 0 saturated heterocycles. The first kappa shape index (κ1) is 16.2. The third-order valence-corrected chi connectivity index (χ3v) is 3.71. The summed E-state index contributed by atoms with van der Waals surface area (Å²) in [6.45, 7) is 7.80. The number of carbonyl (C=O) groups excluding carboxylic acids is 2. The quantitative estimate of drug-likeness (QED) is 0.542. The minimum absolute atomic E-state index is 0.0964. The largest absolute Gasteiger partial charge is 0.460 e. The highest BCUT2D eigenvalue weighted by molar-refractivity contribution is 5.84. The average molecular weight is 268 g/mol. The van der Waals surface area contributed by atoms with E-state index in [1.807, 2.05) is 20.8 Å². The van der Waals surface area contributed by atoms with Crippen molar-refractivity contribution in [1.29, 1.82) is 0 Å². The van der Waals surface area contributed by atoms with Crippen molar-refractivity contribution in [3.8, 4) is 0 Å². The lowest BCUT2D eigenvalue weighted by molar-refractivity contribution is -0.156. The number of rotatable bonds is 6. The van der Waals surface area contributed by atoms with Crippen molar-refractivity contribution in [2.45, 2.75) is 78.2 Å². The molecule has 0 amide bonds. The van der Waals surface area contributed by atoms with Gasteiger partial charge in [0.15, 0.2) is 0 Å². The summed E-state index contributed by atoms with van der Waals surface area (Å²) in [4.78, 5) is 23.8. The van der Waals surface area contributed by atoms with Gasteiger partial charge in [-0.3, -0.25) is 9.59 Å². The second-order valence-corrected chi connectivity index (χ2v) is 6.66. The van der Waals surface area contributed by atoms with E-state index in [1.165, 1.54) is 6.42 Å². The van der Waals surface area contributed by atoms with Gasteiger partial charge in [-0.15, -0.1) is 0 Å². The Morgan fingerprint density at radius 1 is 1.32 bits per heavy atom. The van der Waals surface area contributed by atoms with Crippen LogP contribution in [0.2, 0.25) is 0 Å². The zero-order valence-corrected chi connectivity index (χ0v) is 12.8. The van der Waals surface area contributed by atoms with Crippen molar-refractivity contribution in [2.75, 3.05) is 0 Å². The number of carbonyl (C=O) groups is 2. The van der Waals surface area contributed by atoms with Gasteiger partial charge in [0.2, 0.25) is 0 Å². The second kappa shape index (κ2) is 7.06. The average Bonchev–Trinajstić information content (AvgIpc) is 2.59. The van der Waals surface area contributed by atoms with Crippen LogP contribution >= 0.6 is 0 Å². The lowest BCUT2D eigenvalue weighted by Crippen LogP contribution is -2.26. The summed E-state index contributed by atoms with van der Waals surface area (Å²) in [5.41, 5.74) is -0.433. The SMILES string of the molecule is CCCCCC1C(=O)CCC1CC(=O)OC(C)(C)C. The van der Waals surface area contributed by atoms with Crippen molar-refractivity contribution in [3.05, 3.63) is 0 Å². The summed E-state index contributed by atoms with van der Waals surface area (Å²) < 4.78 is 5.36. The molecule has 0 radical (unpaired) electrons. The molecule has 0 aromatic heterocycles. The highest BCUT2D eigenvalue weighted by Crippen LogP contribution is 2.35. The predicted octanol–water partition coefficient (Wildman–Crippen LogP) is 3.89. The minimum atomic E-state index is -0.433. The zero-order valence-electron chi connectivity index (χ0n) is 12.8. The Balaban J connectivity index is 2.46. The molecule has 1 rings (SSSR count). The summed E-state index contributed by atoms with van der Waals surface area (Å²) >= 11 is 0. The lowest BCUT2D eigenvalue weighted by atomic mass is 9.88. The highest BCUT2D eigenvalue weighted by atomic mass is 16.6. The Labute approximate surface area is 117 Å². The molecule has 2 atom stereocenters. The number of ketones is 1. The van der Waals surface area contributed by atoms with Crippen molar-refractivity contribution in [1.82, 2.24) is 0 Å². The fraction of sp³-hybridized carbons (Fsp3) is 0.875. The van der Waals surface area contributed by atoms with Gasteiger partial charge in [-0.1, -0.05) is 26.2 Å². The Morgan fingerprint density at radius 3 is 2.58 bits per heavy atom. The first-order valence-corrected chi connectivity index (χ1v) is 7.58. The number of ether oxygens (including phenoxy) is 1. The maximum atomic E-state index is 11.9. The summed E-state index contributed by atoms with van der Waals surface area (Å²) in [6.07, 6.45) is 6.28. The predicted molar refractivity (Wildman–Crippen MR) is 75.8 cm³/mol. The molecule has 0 aromatic rings. The summed E-state index contributed by atoms with van der Waals surface area (Å²) in [7, 11) is 0. The lowest BCUT2D eigenvalue weighted by Gasteiger charge is -2.22. The first-order chi connectivity index (χ1) is 8.83. The third-order valence-electron chi connectivity index (χ3n) is 3.71. The van der Waals surface area contributed by atoms with Gasteiger partial charge in [0.05, 0.1) is 0 Å². The zero-order chi connectivity index (χ0) is 14.5. The molecular formula is C16H28O3. The standard InChI is InChI=1S/C16H28O3/c1-5-6-7-8-13-12(9-10-14(13)17)11-15(18)19-16(2,3)4/h12-13H,5-11H2,1-4H3. The normalized spacial score (nSPS) is 23.7. The number of hydrogen-bond donors (Lipinski definition) is 0. The molecule has 0 N–H and O–H groups in total. The molecule has 0 spiro atoms. The molecule has 1 saturated carbocycles. The van der Waals surface area contributed by atoms with Crippen LogP contribution in [0, 0.1) is 11.8 Å². The molecule has 1 fully saturated rings. The summed E-state index contributed by atoms with van der Waals surface area (Å²) in [5, 5.41) is 0. The molecule has 2 unspecified atom stereocenters. The van der Waals surface area contributed by atoms with E-state index in [9.17, 15) is 9.59 Å². The van der Waals surface area contributed by atoms with Crippen LogP contribution in [0.15, 0.2) is 0 Å². The Morgan fingerprint density at radius 2 is 2.00 bits per heavy atom. The van der Waals surface area contributed by atoms with Gasteiger partial charge >= 0.3 is 5.97 Å². The van der Waals surface area contributed by atoms with Gasteiger partial charge in [0.25, 0.3) is 0 Å². The molecule has 0 aromatic carbocycles. The topological polar surface area (TPSA) is 43.4 Å². The Kier molecular flexibility index (Phi) is 6.02. The number of Topliss-reactive ketones (excluding diaryl/α,β-unsaturated/α-hetero) is 1. The van der Waals surface area contributed by atoms with Gasteiger partial charge in [-0.25, -0.2) is 0 Å². The minimum Gasteiger partial charge on any atom is -0.460 e. The molecule has 0 heterocycles. The van der Waals surface area contributed by atoms with Gasteiger partial charge in [0.1, 0.15) is 11.4 Å². The Hall–Kier alpha value is -0.860. The van der Waals surface area contributed by atoms with Crippen LogP contribution in [0.5, 0.6) is 0 Å². The van der Waals surface area contributed by atoms with Crippen LogP contribution < -0.4 is 0 Å². The number of hydrogen-bond acceptors (Lipinski definition) is 3. The Bertz CT molecular complexity index is 314. The van der Waals surface area contributed by atoms with Gasteiger partial charge in [-0.05, 0) is 39.5 Å². The molecule has 110 valence electrons. The molecule has 0 aliphatic heterocycles. The monoisotopic (exact) mass is 268 g/mol. The maximum absolute atomic E-state index is 11.9.